The number of allylic oxidation sites excluding steroid dienone is 3. The number of methoxy groups -OCH3 is 1. The fourth-order valence-corrected chi connectivity index (χ4v) is 11.1. The van der Waals surface area contributed by atoms with Gasteiger partial charge in [0, 0.05) is 0 Å². The van der Waals surface area contributed by atoms with Crippen LogP contribution in [0.3, 0.4) is 0 Å². The van der Waals surface area contributed by atoms with E-state index in [4.69, 9.17) is 4.74 Å². The van der Waals surface area contributed by atoms with E-state index in [1.807, 2.05) is 19.1 Å². The van der Waals surface area contributed by atoms with Crippen LogP contribution in [0, 0.1) is 27.7 Å². The zero-order chi connectivity index (χ0) is 54.1. The van der Waals surface area contributed by atoms with Crippen molar-refractivity contribution in [3.05, 3.63) is 228 Å². The number of hydrogen-bond donors (Lipinski definition) is 0. The third-order valence-electron chi connectivity index (χ3n) is 16.5. The molecule has 6 aromatic carbocycles. The lowest BCUT2D eigenvalue weighted by atomic mass is 9.84. The lowest BCUT2D eigenvalue weighted by Gasteiger charge is -2.22. The second kappa shape index (κ2) is 32.4. The van der Waals surface area contributed by atoms with Gasteiger partial charge in [-0.2, -0.15) is 0 Å². The van der Waals surface area contributed by atoms with E-state index in [9.17, 15) is 0 Å². The van der Waals surface area contributed by atoms with Crippen molar-refractivity contribution in [1.29, 1.82) is 0 Å². The van der Waals surface area contributed by atoms with E-state index in [1.165, 1.54) is 206 Å². The Labute approximate surface area is 465 Å². The summed E-state index contributed by atoms with van der Waals surface area (Å²) in [6, 6.07) is 36.8. The molecular formula is C75H100O. The molecular weight excluding hydrogens is 917 g/mol. The predicted molar refractivity (Wildman–Crippen MR) is 333 cm³/mol. The summed E-state index contributed by atoms with van der Waals surface area (Å²) < 4.78 is 5.26. The molecule has 0 aromatic heterocycles. The minimum absolute atomic E-state index is 1.08. The second-order valence-electron chi connectivity index (χ2n) is 22.7. The Morgan fingerprint density at radius 2 is 0.763 bits per heavy atom. The molecule has 6 aliphatic rings. The largest absolute Gasteiger partial charge is 0.496 e. The first-order valence-electron chi connectivity index (χ1n) is 30.5. The minimum Gasteiger partial charge on any atom is -0.496 e. The summed E-state index contributed by atoms with van der Waals surface area (Å²) in [6.07, 6.45) is 40.0. The van der Waals surface area contributed by atoms with Crippen molar-refractivity contribution in [2.45, 2.75) is 222 Å². The molecule has 12 rings (SSSR count). The smallest absolute Gasteiger partial charge is 0.122 e. The summed E-state index contributed by atoms with van der Waals surface area (Å²) in [7, 11) is 1.74. The van der Waals surface area contributed by atoms with Crippen LogP contribution in [0.4, 0.5) is 0 Å². The van der Waals surface area contributed by atoms with Gasteiger partial charge >= 0.3 is 0 Å². The Bertz CT molecular complexity index is 2740. The molecule has 0 unspecified atom stereocenters. The molecule has 0 aliphatic heterocycles. The van der Waals surface area contributed by atoms with Crippen molar-refractivity contribution < 1.29 is 4.74 Å². The van der Waals surface area contributed by atoms with Gasteiger partial charge < -0.3 is 4.74 Å². The van der Waals surface area contributed by atoms with E-state index in [0.29, 0.717) is 0 Å². The summed E-state index contributed by atoms with van der Waals surface area (Å²) in [5.74, 6) is 1.08. The highest BCUT2D eigenvalue weighted by Gasteiger charge is 2.19. The van der Waals surface area contributed by atoms with Gasteiger partial charge in [-0.05, 0) is 251 Å². The van der Waals surface area contributed by atoms with Crippen molar-refractivity contribution in [3.63, 3.8) is 0 Å². The summed E-state index contributed by atoms with van der Waals surface area (Å²) in [6.45, 7) is 20.9. The lowest BCUT2D eigenvalue weighted by Crippen LogP contribution is -2.10. The molecule has 0 heterocycles. The molecule has 6 aliphatic carbocycles. The number of ether oxygens (including phenoxy) is 1. The Morgan fingerprint density at radius 3 is 1.11 bits per heavy atom. The normalized spacial score (nSPS) is 13.4. The highest BCUT2D eigenvalue weighted by Crippen LogP contribution is 2.33. The van der Waals surface area contributed by atoms with E-state index >= 15 is 0 Å². The highest BCUT2D eigenvalue weighted by atomic mass is 16.5. The molecule has 6 aromatic rings. The SMILES string of the molecule is C=C/C=C/C.CCCCCCCc1ccc2c(c1)CC2.CCCCCCc1ccc2c(c1)CC2.CCCCc1ccc2c(c1)CC2.COc1cc(C)cc2c1CC2.Cc1cc(C)c2c(c1)CC2.Cc1ccc2c(c1)CC2. The summed E-state index contributed by atoms with van der Waals surface area (Å²) in [5.41, 5.74) is 29.0. The molecule has 1 nitrogen and oxygen atoms in total. The van der Waals surface area contributed by atoms with Crippen molar-refractivity contribution in [2.24, 2.45) is 0 Å². The molecule has 76 heavy (non-hydrogen) atoms. The van der Waals surface area contributed by atoms with Crippen molar-refractivity contribution in [1.82, 2.24) is 0 Å². The average Bonchev–Trinajstić information content (AvgIpc) is 3.36. The van der Waals surface area contributed by atoms with E-state index in [1.54, 1.807) is 79.9 Å². The van der Waals surface area contributed by atoms with Gasteiger partial charge in [-0.25, -0.2) is 0 Å². The molecule has 1 heteroatoms. The quantitative estimate of drug-likeness (QED) is 0.0693. The van der Waals surface area contributed by atoms with Crippen LogP contribution < -0.4 is 4.74 Å². The lowest BCUT2D eigenvalue weighted by molar-refractivity contribution is 0.405. The summed E-state index contributed by atoms with van der Waals surface area (Å²) in [4.78, 5) is 0. The average molecular weight is 1020 g/mol. The number of benzene rings is 6. The summed E-state index contributed by atoms with van der Waals surface area (Å²) >= 11 is 0. The first-order valence-corrected chi connectivity index (χ1v) is 30.5. The fourth-order valence-electron chi connectivity index (χ4n) is 11.1. The van der Waals surface area contributed by atoms with E-state index in [2.05, 4.69) is 152 Å². The molecule has 0 amide bonds. The summed E-state index contributed by atoms with van der Waals surface area (Å²) in [5, 5.41) is 0. The molecule has 0 saturated carbocycles. The maximum atomic E-state index is 5.26. The van der Waals surface area contributed by atoms with Crippen molar-refractivity contribution in [3.8, 4) is 5.75 Å². The van der Waals surface area contributed by atoms with Gasteiger partial charge in [0.15, 0.2) is 0 Å². The van der Waals surface area contributed by atoms with Crippen LogP contribution in [0.1, 0.15) is 204 Å². The van der Waals surface area contributed by atoms with Crippen LogP contribution in [0.15, 0.2) is 122 Å². The number of aryl methyl sites for hydroxylation is 17. The first kappa shape index (κ1) is 59.8. The minimum atomic E-state index is 1.08. The van der Waals surface area contributed by atoms with E-state index < -0.39 is 0 Å². The number of rotatable bonds is 16. The zero-order valence-corrected chi connectivity index (χ0v) is 49.5. The number of unbranched alkanes of at least 4 members (excludes halogenated alkanes) is 8. The van der Waals surface area contributed by atoms with Gasteiger partial charge in [0.1, 0.15) is 5.75 Å². The van der Waals surface area contributed by atoms with Gasteiger partial charge in [0.05, 0.1) is 7.11 Å². The fraction of sp³-hybridized carbons (Fsp3) is 0.467. The van der Waals surface area contributed by atoms with Crippen LogP contribution in [0.2, 0.25) is 0 Å². The second-order valence-corrected chi connectivity index (χ2v) is 22.7. The van der Waals surface area contributed by atoms with Crippen molar-refractivity contribution >= 4 is 0 Å². The molecule has 0 spiro atoms. The predicted octanol–water partition coefficient (Wildman–Crippen LogP) is 19.7. The van der Waals surface area contributed by atoms with Gasteiger partial charge in [-0.1, -0.05) is 199 Å². The zero-order valence-electron chi connectivity index (χ0n) is 49.5. The van der Waals surface area contributed by atoms with E-state index in [0.717, 1.165) is 5.75 Å². The molecule has 0 N–H and O–H groups in total. The Balaban J connectivity index is 0.000000146. The maximum absolute atomic E-state index is 5.26. The Hall–Kier alpha value is -5.40. The van der Waals surface area contributed by atoms with Crippen LogP contribution in [0.25, 0.3) is 0 Å². The first-order chi connectivity index (χ1) is 37.0. The monoisotopic (exact) mass is 1020 g/mol. The topological polar surface area (TPSA) is 9.23 Å². The number of fused-ring (bicyclic) bond motifs is 6. The molecule has 0 fully saturated rings. The van der Waals surface area contributed by atoms with Gasteiger partial charge in [-0.3, -0.25) is 0 Å². The molecule has 0 saturated heterocycles. The molecule has 0 bridgehead atoms. The van der Waals surface area contributed by atoms with Crippen LogP contribution >= 0.6 is 0 Å². The highest BCUT2D eigenvalue weighted by molar-refractivity contribution is 5.49. The van der Waals surface area contributed by atoms with Crippen LogP contribution in [0.5, 0.6) is 5.75 Å². The molecule has 406 valence electrons. The van der Waals surface area contributed by atoms with E-state index in [-0.39, 0.29) is 0 Å². The Kier molecular flexibility index (Phi) is 25.5. The standard InChI is InChI=1S/C15H22.C14H20.C12H16.C10H12O.C10H12.C9H10.C5H8/c1-2-3-4-5-6-7-13-8-9-14-10-11-15(14)12-13;1-2-3-4-5-6-12-7-8-13-9-10-14(13)11-12;1-2-3-4-10-5-6-11-7-8-12(11)9-10;1-7-5-8-3-4-9(8)10(6-7)11-2;1-7-5-8(2)10-4-3-9(10)6-7;1-7-2-3-8-4-5-9(8)6-7;1-3-5-4-2/h8-9,12H,2-7,10-11H2,1H3;7-8,11H,2-6,9-10H2,1H3;5-6,9H,2-4,7-8H2,1H3;5-6H,3-4H2,1-2H3;5-6H,3-4H2,1-2H3;2-3,6H,4-5H2,1H3;3-5H,1H2,2H3/b;;;;;;5-4+. The van der Waals surface area contributed by atoms with Gasteiger partial charge in [-0.15, -0.1) is 0 Å². The Morgan fingerprint density at radius 1 is 0.382 bits per heavy atom. The van der Waals surface area contributed by atoms with Crippen LogP contribution in [-0.4, -0.2) is 7.11 Å². The van der Waals surface area contributed by atoms with Crippen molar-refractivity contribution in [2.75, 3.05) is 7.11 Å². The molecule has 0 radical (unpaired) electrons. The number of hydrogen-bond acceptors (Lipinski definition) is 1. The third kappa shape index (κ3) is 18.7. The van der Waals surface area contributed by atoms with Crippen LogP contribution in [-0.2, 0) is 96.3 Å². The van der Waals surface area contributed by atoms with Gasteiger partial charge in [0.25, 0.3) is 0 Å². The maximum Gasteiger partial charge on any atom is 0.122 e. The van der Waals surface area contributed by atoms with Gasteiger partial charge in [0.2, 0.25) is 0 Å². The third-order valence-corrected chi connectivity index (χ3v) is 16.5. The molecule has 0 atom stereocenters.